The number of carbonyl (C=O) groups excluding carboxylic acids is 2. The lowest BCUT2D eigenvalue weighted by molar-refractivity contribution is -0.113. The molecule has 1 amide bonds. The number of phenolic OH excluding ortho intramolecular Hbond substituents is 1. The van der Waals surface area contributed by atoms with Crippen LogP contribution in [0.4, 0.5) is 5.69 Å². The fraction of sp³-hybridized carbons (Fsp3) is 0.150. The number of aromatic hydroxyl groups is 1. The van der Waals surface area contributed by atoms with Crippen LogP contribution < -0.4 is 9.64 Å². The maximum Gasteiger partial charge on any atom is 0.338 e. The number of thioether (sulfide) groups is 1. The predicted octanol–water partition coefficient (Wildman–Crippen LogP) is 4.75. The smallest absolute Gasteiger partial charge is 0.338 e. The van der Waals surface area contributed by atoms with Gasteiger partial charge < -0.3 is 14.6 Å². The SMILES string of the molecule is CCOC(=O)c1ccc(N2C(=O)/C(=C\c3cc(Br)c(O)c(OC)c3)SC2=S)cc1. The van der Waals surface area contributed by atoms with E-state index in [1.54, 1.807) is 49.4 Å². The zero-order chi connectivity index (χ0) is 21.1. The minimum absolute atomic E-state index is 0.0149. The maximum absolute atomic E-state index is 12.9. The number of carbonyl (C=O) groups is 2. The summed E-state index contributed by atoms with van der Waals surface area (Å²) >= 11 is 9.82. The predicted molar refractivity (Wildman–Crippen MR) is 120 cm³/mol. The molecule has 2 aromatic rings. The Hall–Kier alpha value is -2.36. The van der Waals surface area contributed by atoms with Crippen LogP contribution in [-0.4, -0.2) is 35.0 Å². The number of thiocarbonyl (C=S) groups is 1. The van der Waals surface area contributed by atoms with Crippen LogP contribution in [0.5, 0.6) is 11.5 Å². The minimum Gasteiger partial charge on any atom is -0.503 e. The minimum atomic E-state index is -0.420. The highest BCUT2D eigenvalue weighted by atomic mass is 79.9. The Bertz CT molecular complexity index is 1020. The van der Waals surface area contributed by atoms with Crippen LogP contribution in [0.1, 0.15) is 22.8 Å². The first-order valence-corrected chi connectivity index (χ1v) is 10.5. The number of halogens is 1. The van der Waals surface area contributed by atoms with Gasteiger partial charge in [0.25, 0.3) is 5.91 Å². The summed E-state index contributed by atoms with van der Waals surface area (Å²) in [6, 6.07) is 9.80. The second kappa shape index (κ2) is 8.98. The van der Waals surface area contributed by atoms with Gasteiger partial charge in [-0.05, 0) is 70.9 Å². The number of nitrogens with zero attached hydrogens (tertiary/aromatic N) is 1. The van der Waals surface area contributed by atoms with Crippen molar-refractivity contribution >= 4 is 67.9 Å². The number of rotatable bonds is 5. The molecule has 0 aromatic heterocycles. The second-order valence-electron chi connectivity index (χ2n) is 5.84. The molecule has 2 aromatic carbocycles. The van der Waals surface area contributed by atoms with E-state index in [-0.39, 0.29) is 24.0 Å². The molecule has 1 aliphatic rings. The molecule has 0 spiro atoms. The van der Waals surface area contributed by atoms with Crippen molar-refractivity contribution in [1.29, 1.82) is 0 Å². The maximum atomic E-state index is 12.9. The summed E-state index contributed by atoms with van der Waals surface area (Å²) in [4.78, 5) is 26.5. The number of hydrogen-bond acceptors (Lipinski definition) is 7. The molecule has 1 heterocycles. The van der Waals surface area contributed by atoms with Gasteiger partial charge in [-0.15, -0.1) is 0 Å². The summed E-state index contributed by atoms with van der Waals surface area (Å²) < 4.78 is 10.9. The van der Waals surface area contributed by atoms with Crippen LogP contribution in [-0.2, 0) is 9.53 Å². The third-order valence-electron chi connectivity index (χ3n) is 4.00. The molecule has 6 nitrogen and oxygen atoms in total. The average Bonchev–Trinajstić information content (AvgIpc) is 2.98. The van der Waals surface area contributed by atoms with E-state index in [0.29, 0.717) is 30.5 Å². The molecule has 0 radical (unpaired) electrons. The first kappa shape index (κ1) is 21.4. The van der Waals surface area contributed by atoms with Crippen LogP contribution in [0.2, 0.25) is 0 Å². The third-order valence-corrected chi connectivity index (χ3v) is 5.91. The summed E-state index contributed by atoms with van der Waals surface area (Å²) in [5.41, 5.74) is 1.63. The molecular weight excluding hydrogens is 478 g/mol. The van der Waals surface area contributed by atoms with Crippen LogP contribution in [0.3, 0.4) is 0 Å². The molecular formula is C20H16BrNO5S2. The standard InChI is InChI=1S/C20H16BrNO5S2/c1-3-27-19(25)12-4-6-13(7-5-12)22-18(24)16(29-20(22)28)10-11-8-14(21)17(23)15(9-11)26-2/h4-10,23H,3H2,1-2H3/b16-10+. The van der Waals surface area contributed by atoms with Crippen LogP contribution in [0, 0.1) is 0 Å². The van der Waals surface area contributed by atoms with Crippen molar-refractivity contribution in [3.05, 3.63) is 56.9 Å². The first-order chi connectivity index (χ1) is 13.8. The summed E-state index contributed by atoms with van der Waals surface area (Å²) in [6.45, 7) is 2.03. The Morgan fingerprint density at radius 1 is 1.31 bits per heavy atom. The molecule has 0 bridgehead atoms. The molecule has 0 atom stereocenters. The molecule has 0 saturated carbocycles. The van der Waals surface area contributed by atoms with E-state index in [1.165, 1.54) is 23.8 Å². The van der Waals surface area contributed by atoms with Crippen molar-refractivity contribution in [3.8, 4) is 11.5 Å². The molecule has 29 heavy (non-hydrogen) atoms. The van der Waals surface area contributed by atoms with Gasteiger partial charge in [-0.2, -0.15) is 0 Å². The molecule has 1 N–H and O–H groups in total. The van der Waals surface area contributed by atoms with Crippen molar-refractivity contribution in [2.75, 3.05) is 18.6 Å². The highest BCUT2D eigenvalue weighted by molar-refractivity contribution is 9.10. The first-order valence-electron chi connectivity index (χ1n) is 8.47. The van der Waals surface area contributed by atoms with Crippen molar-refractivity contribution in [1.82, 2.24) is 0 Å². The number of esters is 1. The van der Waals surface area contributed by atoms with Gasteiger partial charge in [0.15, 0.2) is 15.8 Å². The lowest BCUT2D eigenvalue weighted by Gasteiger charge is -2.14. The van der Waals surface area contributed by atoms with E-state index in [9.17, 15) is 14.7 Å². The van der Waals surface area contributed by atoms with Crippen molar-refractivity contribution in [2.24, 2.45) is 0 Å². The quantitative estimate of drug-likeness (QED) is 0.366. The number of anilines is 1. The molecule has 0 unspecified atom stereocenters. The average molecular weight is 494 g/mol. The van der Waals surface area contributed by atoms with Crippen LogP contribution >= 0.6 is 39.9 Å². The van der Waals surface area contributed by atoms with E-state index >= 15 is 0 Å². The van der Waals surface area contributed by atoms with E-state index in [0.717, 1.165) is 0 Å². The molecule has 150 valence electrons. The number of hydrogen-bond donors (Lipinski definition) is 1. The van der Waals surface area contributed by atoms with Gasteiger partial charge in [0.1, 0.15) is 0 Å². The fourth-order valence-corrected chi connectivity index (χ4v) is 4.39. The zero-order valence-electron chi connectivity index (χ0n) is 15.5. The van der Waals surface area contributed by atoms with Crippen molar-refractivity contribution in [3.63, 3.8) is 0 Å². The number of ether oxygens (including phenoxy) is 2. The lowest BCUT2D eigenvalue weighted by Crippen LogP contribution is -2.27. The summed E-state index contributed by atoms with van der Waals surface area (Å²) in [5.74, 6) is -0.419. The van der Waals surface area contributed by atoms with Gasteiger partial charge in [-0.1, -0.05) is 24.0 Å². The molecule has 3 rings (SSSR count). The van der Waals surface area contributed by atoms with Crippen molar-refractivity contribution in [2.45, 2.75) is 6.92 Å². The number of methoxy groups -OCH3 is 1. The van der Waals surface area contributed by atoms with Gasteiger partial charge in [0.05, 0.1) is 34.3 Å². The van der Waals surface area contributed by atoms with E-state index in [4.69, 9.17) is 21.7 Å². The summed E-state index contributed by atoms with van der Waals surface area (Å²) in [7, 11) is 1.45. The largest absolute Gasteiger partial charge is 0.503 e. The Morgan fingerprint density at radius 2 is 2.00 bits per heavy atom. The van der Waals surface area contributed by atoms with Gasteiger partial charge in [-0.3, -0.25) is 9.69 Å². The van der Waals surface area contributed by atoms with Gasteiger partial charge >= 0.3 is 5.97 Å². The Balaban J connectivity index is 1.87. The lowest BCUT2D eigenvalue weighted by atomic mass is 10.1. The zero-order valence-corrected chi connectivity index (χ0v) is 18.7. The van der Waals surface area contributed by atoms with Crippen molar-refractivity contribution < 1.29 is 24.2 Å². The van der Waals surface area contributed by atoms with Crippen LogP contribution in [0.15, 0.2) is 45.8 Å². The third kappa shape index (κ3) is 4.47. The highest BCUT2D eigenvalue weighted by Gasteiger charge is 2.33. The molecule has 1 saturated heterocycles. The summed E-state index contributed by atoms with van der Waals surface area (Å²) in [6.07, 6.45) is 1.68. The topological polar surface area (TPSA) is 76.1 Å². The normalized spacial score (nSPS) is 15.1. The number of benzene rings is 2. The van der Waals surface area contributed by atoms with E-state index in [1.807, 2.05) is 0 Å². The monoisotopic (exact) mass is 493 g/mol. The van der Waals surface area contributed by atoms with E-state index < -0.39 is 5.97 Å². The highest BCUT2D eigenvalue weighted by Crippen LogP contribution is 2.39. The Morgan fingerprint density at radius 3 is 2.62 bits per heavy atom. The number of phenols is 1. The Labute approximate surface area is 185 Å². The summed E-state index contributed by atoms with van der Waals surface area (Å²) in [5, 5.41) is 9.94. The van der Waals surface area contributed by atoms with Crippen LogP contribution in [0.25, 0.3) is 6.08 Å². The Kier molecular flexibility index (Phi) is 6.61. The van der Waals surface area contributed by atoms with Gasteiger partial charge in [-0.25, -0.2) is 4.79 Å². The van der Waals surface area contributed by atoms with Gasteiger partial charge in [0, 0.05) is 0 Å². The van der Waals surface area contributed by atoms with Gasteiger partial charge in [0.2, 0.25) is 0 Å². The molecule has 1 aliphatic heterocycles. The van der Waals surface area contributed by atoms with E-state index in [2.05, 4.69) is 15.9 Å². The number of amides is 1. The molecule has 0 aliphatic carbocycles. The second-order valence-corrected chi connectivity index (χ2v) is 8.37. The molecule has 1 fully saturated rings. The molecule has 9 heteroatoms. The fourth-order valence-electron chi connectivity index (χ4n) is 2.64.